The monoisotopic (exact) mass is 410 g/mol. The van der Waals surface area contributed by atoms with Gasteiger partial charge in [0.2, 0.25) is 5.91 Å². The molecule has 1 fully saturated rings. The van der Waals surface area contributed by atoms with Crippen LogP contribution in [0.3, 0.4) is 0 Å². The molecule has 1 aliphatic carbocycles. The number of benzene rings is 1. The van der Waals surface area contributed by atoms with Crippen LogP contribution in [0.25, 0.3) is 22.5 Å². The van der Waals surface area contributed by atoms with Crippen LogP contribution >= 0.6 is 0 Å². The summed E-state index contributed by atoms with van der Waals surface area (Å²) in [6.45, 7) is 1.56. The standard InChI is InChI=1S/C26H26N4O/c31-26(21-9-4-5-10-21)30-15-12-20(13-16-30)24-23(19-7-2-1-3-8-19)18-28-25(29-24)22-11-6-14-27-17-22/h1-3,6-9,11,14,17-18,20H,4-5,10,12-13,15-16H2. The lowest BCUT2D eigenvalue weighted by Crippen LogP contribution is -2.38. The summed E-state index contributed by atoms with van der Waals surface area (Å²) >= 11 is 0. The van der Waals surface area contributed by atoms with Crippen LogP contribution in [0.1, 0.15) is 43.7 Å². The minimum absolute atomic E-state index is 0.234. The van der Waals surface area contributed by atoms with Crippen LogP contribution in [0.4, 0.5) is 0 Å². The Balaban J connectivity index is 1.43. The van der Waals surface area contributed by atoms with Gasteiger partial charge in [0.15, 0.2) is 5.82 Å². The van der Waals surface area contributed by atoms with E-state index in [1.807, 2.05) is 41.4 Å². The Morgan fingerprint density at radius 2 is 1.77 bits per heavy atom. The lowest BCUT2D eigenvalue weighted by atomic mass is 9.88. The Labute approximate surface area is 182 Å². The van der Waals surface area contributed by atoms with Crippen LogP contribution in [0, 0.1) is 0 Å². The zero-order valence-electron chi connectivity index (χ0n) is 17.6. The first-order valence-electron chi connectivity index (χ1n) is 11.1. The maximum Gasteiger partial charge on any atom is 0.249 e. The third kappa shape index (κ3) is 4.13. The van der Waals surface area contributed by atoms with Crippen molar-refractivity contribution >= 4 is 5.91 Å². The van der Waals surface area contributed by atoms with Crippen LogP contribution in [-0.4, -0.2) is 38.8 Å². The average Bonchev–Trinajstić information content (AvgIpc) is 3.40. The maximum absolute atomic E-state index is 12.8. The van der Waals surface area contributed by atoms with Gasteiger partial charge in [-0.15, -0.1) is 0 Å². The molecule has 156 valence electrons. The van der Waals surface area contributed by atoms with Gasteiger partial charge in [-0.2, -0.15) is 0 Å². The molecule has 5 rings (SSSR count). The summed E-state index contributed by atoms with van der Waals surface area (Å²) in [7, 11) is 0. The van der Waals surface area contributed by atoms with E-state index in [1.54, 1.807) is 12.4 Å². The van der Waals surface area contributed by atoms with E-state index >= 15 is 0 Å². The quantitative estimate of drug-likeness (QED) is 0.606. The number of aromatic nitrogens is 3. The molecule has 1 amide bonds. The van der Waals surface area contributed by atoms with Gasteiger partial charge in [0.1, 0.15) is 0 Å². The van der Waals surface area contributed by atoms with Gasteiger partial charge < -0.3 is 4.90 Å². The topological polar surface area (TPSA) is 59.0 Å². The van der Waals surface area contributed by atoms with E-state index in [9.17, 15) is 4.79 Å². The molecule has 3 aromatic rings. The van der Waals surface area contributed by atoms with E-state index in [1.165, 1.54) is 0 Å². The van der Waals surface area contributed by atoms with Crippen LogP contribution in [0.2, 0.25) is 0 Å². The number of hydrogen-bond donors (Lipinski definition) is 0. The fourth-order valence-electron chi connectivity index (χ4n) is 4.60. The number of nitrogens with zero attached hydrogens (tertiary/aromatic N) is 4. The molecule has 5 heteroatoms. The van der Waals surface area contributed by atoms with Gasteiger partial charge >= 0.3 is 0 Å². The third-order valence-electron chi connectivity index (χ3n) is 6.31. The van der Waals surface area contributed by atoms with Crippen LogP contribution in [-0.2, 0) is 4.79 Å². The summed E-state index contributed by atoms with van der Waals surface area (Å²) in [5.74, 6) is 1.24. The van der Waals surface area contributed by atoms with Gasteiger partial charge in [0.05, 0.1) is 5.69 Å². The first kappa shape index (κ1) is 19.6. The van der Waals surface area contributed by atoms with E-state index in [0.717, 1.165) is 73.2 Å². The molecule has 1 aliphatic heterocycles. The second-order valence-corrected chi connectivity index (χ2v) is 8.29. The van der Waals surface area contributed by atoms with Crippen molar-refractivity contribution < 1.29 is 4.79 Å². The van der Waals surface area contributed by atoms with Gasteiger partial charge in [0, 0.05) is 54.3 Å². The fourth-order valence-corrected chi connectivity index (χ4v) is 4.60. The molecule has 5 nitrogen and oxygen atoms in total. The van der Waals surface area contributed by atoms with Gasteiger partial charge in [-0.05, 0) is 49.8 Å². The van der Waals surface area contributed by atoms with Crippen molar-refractivity contribution in [2.75, 3.05) is 13.1 Å². The number of amides is 1. The SMILES string of the molecule is O=C(C1=CCCC1)N1CCC(c2nc(-c3cccnc3)ncc2-c2ccccc2)CC1. The predicted molar refractivity (Wildman–Crippen MR) is 121 cm³/mol. The number of allylic oxidation sites excluding steroid dienone is 1. The summed E-state index contributed by atoms with van der Waals surface area (Å²) < 4.78 is 0. The third-order valence-corrected chi connectivity index (χ3v) is 6.31. The number of likely N-dealkylation sites (tertiary alicyclic amines) is 1. The van der Waals surface area contributed by atoms with Gasteiger partial charge in [-0.1, -0.05) is 36.4 Å². The Morgan fingerprint density at radius 3 is 2.48 bits per heavy atom. The van der Waals surface area contributed by atoms with Crippen LogP contribution in [0.5, 0.6) is 0 Å². The number of carbonyl (C=O) groups is 1. The summed E-state index contributed by atoms with van der Waals surface area (Å²) in [4.78, 5) is 28.7. The van der Waals surface area contributed by atoms with Crippen molar-refractivity contribution in [3.63, 3.8) is 0 Å². The van der Waals surface area contributed by atoms with Gasteiger partial charge in [-0.3, -0.25) is 9.78 Å². The zero-order valence-corrected chi connectivity index (χ0v) is 17.6. The second-order valence-electron chi connectivity index (χ2n) is 8.29. The van der Waals surface area contributed by atoms with Crippen molar-refractivity contribution in [2.45, 2.75) is 38.0 Å². The molecule has 0 radical (unpaired) electrons. The van der Waals surface area contributed by atoms with Crippen molar-refractivity contribution in [1.29, 1.82) is 0 Å². The van der Waals surface area contributed by atoms with Crippen molar-refractivity contribution in [2.24, 2.45) is 0 Å². The molecule has 31 heavy (non-hydrogen) atoms. The fraction of sp³-hybridized carbons (Fsp3) is 0.308. The van der Waals surface area contributed by atoms with E-state index in [0.29, 0.717) is 11.7 Å². The minimum Gasteiger partial charge on any atom is -0.339 e. The molecule has 0 bridgehead atoms. The van der Waals surface area contributed by atoms with E-state index < -0.39 is 0 Å². The minimum atomic E-state index is 0.234. The van der Waals surface area contributed by atoms with Crippen molar-refractivity contribution in [1.82, 2.24) is 19.9 Å². The maximum atomic E-state index is 12.8. The number of piperidine rings is 1. The highest BCUT2D eigenvalue weighted by Gasteiger charge is 2.29. The number of pyridine rings is 1. The van der Waals surface area contributed by atoms with Gasteiger partial charge in [-0.25, -0.2) is 9.97 Å². The first-order valence-corrected chi connectivity index (χ1v) is 11.1. The highest BCUT2D eigenvalue weighted by atomic mass is 16.2. The normalized spacial score (nSPS) is 16.9. The Bertz CT molecular complexity index is 1090. The van der Waals surface area contributed by atoms with Gasteiger partial charge in [0.25, 0.3) is 0 Å². The summed E-state index contributed by atoms with van der Waals surface area (Å²) in [5, 5.41) is 0. The molecule has 0 saturated carbocycles. The molecular formula is C26H26N4O. The largest absolute Gasteiger partial charge is 0.339 e. The van der Waals surface area contributed by atoms with Crippen molar-refractivity contribution in [3.8, 4) is 22.5 Å². The molecule has 3 heterocycles. The van der Waals surface area contributed by atoms with E-state index in [2.05, 4.69) is 28.2 Å². The second kappa shape index (κ2) is 8.80. The molecule has 1 aromatic carbocycles. The smallest absolute Gasteiger partial charge is 0.249 e. The zero-order chi connectivity index (χ0) is 21.0. The average molecular weight is 411 g/mol. The molecule has 0 N–H and O–H groups in total. The lowest BCUT2D eigenvalue weighted by Gasteiger charge is -2.33. The summed E-state index contributed by atoms with van der Waals surface area (Å²) in [6, 6.07) is 14.2. The number of hydrogen-bond acceptors (Lipinski definition) is 4. The molecule has 0 atom stereocenters. The van der Waals surface area contributed by atoms with Crippen molar-refractivity contribution in [3.05, 3.63) is 78.4 Å². The van der Waals surface area contributed by atoms with E-state index in [4.69, 9.17) is 4.98 Å². The Morgan fingerprint density at radius 1 is 0.968 bits per heavy atom. The highest BCUT2D eigenvalue weighted by molar-refractivity contribution is 5.93. The van der Waals surface area contributed by atoms with Crippen LogP contribution in [0.15, 0.2) is 72.7 Å². The lowest BCUT2D eigenvalue weighted by molar-refractivity contribution is -0.128. The summed E-state index contributed by atoms with van der Waals surface area (Å²) in [5.41, 5.74) is 5.21. The van der Waals surface area contributed by atoms with E-state index in [-0.39, 0.29) is 5.91 Å². The Hall–Kier alpha value is -3.34. The van der Waals surface area contributed by atoms with Crippen LogP contribution < -0.4 is 0 Å². The molecule has 2 aromatic heterocycles. The number of carbonyl (C=O) groups excluding carboxylic acids is 1. The molecule has 1 saturated heterocycles. The summed E-state index contributed by atoms with van der Waals surface area (Å²) in [6.07, 6.45) is 12.5. The molecule has 0 unspecified atom stereocenters. The first-order chi connectivity index (χ1) is 15.3. The molecular weight excluding hydrogens is 384 g/mol. The molecule has 0 spiro atoms. The highest BCUT2D eigenvalue weighted by Crippen LogP contribution is 2.35. The molecule has 2 aliphatic rings. The predicted octanol–water partition coefficient (Wildman–Crippen LogP) is 5.02. The number of rotatable bonds is 4. The Kier molecular flexibility index (Phi) is 5.57.